The molecular formula is C44H68O14. The third-order valence-corrected chi connectivity index (χ3v) is 12.0. The maximum atomic E-state index is 13.4. The van der Waals surface area contributed by atoms with Crippen LogP contribution in [0.4, 0.5) is 0 Å². The van der Waals surface area contributed by atoms with E-state index >= 15 is 0 Å². The van der Waals surface area contributed by atoms with Crippen molar-refractivity contribution < 1.29 is 67.7 Å². The van der Waals surface area contributed by atoms with E-state index in [1.807, 2.05) is 19.9 Å². The number of carbonyl (C=O) groups excluding carboxylic acids is 4. The normalized spacial score (nSPS) is 35.6. The fourth-order valence-corrected chi connectivity index (χ4v) is 8.55. The Hall–Kier alpha value is -3.14. The summed E-state index contributed by atoms with van der Waals surface area (Å²) >= 11 is 0. The van der Waals surface area contributed by atoms with Crippen LogP contribution in [0.1, 0.15) is 131 Å². The molecule has 0 aromatic rings. The number of cyclic esters (lactones) is 1. The minimum absolute atomic E-state index is 0.0321. The largest absolute Gasteiger partial charge is 0.466 e. The molecule has 14 heteroatoms. The van der Waals surface area contributed by atoms with E-state index in [1.54, 1.807) is 19.9 Å². The molecule has 0 aliphatic carbocycles. The second-order valence-electron chi connectivity index (χ2n) is 17.7. The van der Waals surface area contributed by atoms with Gasteiger partial charge < -0.3 is 48.5 Å². The average Bonchev–Trinajstić information content (AvgIpc) is 3.13. The number of carbonyl (C=O) groups is 4. The highest BCUT2D eigenvalue weighted by atomic mass is 16.7. The van der Waals surface area contributed by atoms with E-state index in [1.165, 1.54) is 20.1 Å². The van der Waals surface area contributed by atoms with E-state index in [0.717, 1.165) is 31.3 Å². The van der Waals surface area contributed by atoms with E-state index in [2.05, 4.69) is 13.5 Å². The van der Waals surface area contributed by atoms with Gasteiger partial charge in [-0.15, -0.1) is 0 Å². The fourth-order valence-electron chi connectivity index (χ4n) is 8.55. The number of unbranched alkanes of at least 4 members (excludes halogenated alkanes) is 4. The summed E-state index contributed by atoms with van der Waals surface area (Å²) in [5, 5.41) is 34.3. The van der Waals surface area contributed by atoms with Gasteiger partial charge in [0.25, 0.3) is 0 Å². The van der Waals surface area contributed by atoms with E-state index in [-0.39, 0.29) is 37.4 Å². The summed E-state index contributed by atoms with van der Waals surface area (Å²) in [6, 6.07) is 0. The quantitative estimate of drug-likeness (QED) is 0.0825. The number of ether oxygens (including phenoxy) is 7. The Morgan fingerprint density at radius 1 is 0.931 bits per heavy atom. The predicted octanol–water partition coefficient (Wildman–Crippen LogP) is 5.48. The number of aliphatic hydroxyl groups excluding tert-OH is 2. The summed E-state index contributed by atoms with van der Waals surface area (Å²) in [7, 11) is 1.21. The molecule has 10 atom stereocenters. The van der Waals surface area contributed by atoms with Gasteiger partial charge in [0.05, 0.1) is 56.8 Å². The van der Waals surface area contributed by atoms with Gasteiger partial charge in [-0.25, -0.2) is 4.79 Å². The van der Waals surface area contributed by atoms with Crippen LogP contribution in [0.15, 0.2) is 36.0 Å². The van der Waals surface area contributed by atoms with Gasteiger partial charge in [0.1, 0.15) is 12.2 Å². The van der Waals surface area contributed by atoms with Crippen molar-refractivity contribution in [3.05, 3.63) is 36.0 Å². The average molecular weight is 821 g/mol. The first-order chi connectivity index (χ1) is 27.3. The van der Waals surface area contributed by atoms with Crippen LogP contribution >= 0.6 is 0 Å². The molecule has 0 saturated carbocycles. The Morgan fingerprint density at radius 3 is 2.33 bits per heavy atom. The van der Waals surface area contributed by atoms with Crippen molar-refractivity contribution in [1.82, 2.24) is 0 Å². The maximum absolute atomic E-state index is 13.4. The molecule has 0 aromatic carbocycles. The van der Waals surface area contributed by atoms with Crippen molar-refractivity contribution in [3.8, 4) is 0 Å². The fraction of sp³-hybridized carbons (Fsp3) is 0.773. The lowest BCUT2D eigenvalue weighted by Crippen LogP contribution is -2.62. The first kappa shape index (κ1) is 47.5. The zero-order valence-corrected chi connectivity index (χ0v) is 35.6. The van der Waals surface area contributed by atoms with Crippen LogP contribution in [0.2, 0.25) is 0 Å². The van der Waals surface area contributed by atoms with Crippen molar-refractivity contribution in [2.75, 3.05) is 13.7 Å². The van der Waals surface area contributed by atoms with E-state index in [0.29, 0.717) is 32.1 Å². The minimum Gasteiger partial charge on any atom is -0.466 e. The first-order valence-electron chi connectivity index (χ1n) is 21.0. The van der Waals surface area contributed by atoms with Crippen LogP contribution in [0.3, 0.4) is 0 Å². The van der Waals surface area contributed by atoms with Crippen LogP contribution in [0, 0.1) is 10.8 Å². The second-order valence-corrected chi connectivity index (χ2v) is 17.7. The maximum Gasteiger partial charge on any atom is 0.330 e. The number of esters is 4. The topological polar surface area (TPSA) is 194 Å². The van der Waals surface area contributed by atoms with Crippen LogP contribution in [-0.4, -0.2) is 114 Å². The molecule has 58 heavy (non-hydrogen) atoms. The molecule has 0 spiro atoms. The van der Waals surface area contributed by atoms with Crippen molar-refractivity contribution >= 4 is 23.9 Å². The molecule has 4 aliphatic rings. The number of fused-ring (bicyclic) bond motifs is 6. The molecule has 4 heterocycles. The van der Waals surface area contributed by atoms with E-state index in [9.17, 15) is 34.5 Å². The van der Waals surface area contributed by atoms with Crippen LogP contribution in [-0.2, 0) is 52.3 Å². The smallest absolute Gasteiger partial charge is 0.330 e. The molecule has 0 aromatic heterocycles. The van der Waals surface area contributed by atoms with Crippen LogP contribution in [0.25, 0.3) is 0 Å². The van der Waals surface area contributed by atoms with Gasteiger partial charge in [-0.05, 0) is 31.3 Å². The zero-order valence-electron chi connectivity index (χ0n) is 35.6. The van der Waals surface area contributed by atoms with Gasteiger partial charge in [-0.2, -0.15) is 0 Å². The molecule has 6 bridgehead atoms. The summed E-state index contributed by atoms with van der Waals surface area (Å²) in [6.45, 7) is 14.5. The van der Waals surface area contributed by atoms with Gasteiger partial charge in [0, 0.05) is 55.9 Å². The molecule has 328 valence electrons. The van der Waals surface area contributed by atoms with Gasteiger partial charge in [-0.1, -0.05) is 84.6 Å². The molecule has 4 aliphatic heterocycles. The summed E-state index contributed by atoms with van der Waals surface area (Å²) in [6.07, 6.45) is 3.55. The third-order valence-electron chi connectivity index (χ3n) is 12.0. The van der Waals surface area contributed by atoms with Crippen molar-refractivity contribution in [2.45, 2.75) is 192 Å². The lowest BCUT2D eigenvalue weighted by atomic mass is 9.73. The molecular weight excluding hydrogens is 752 g/mol. The van der Waals surface area contributed by atoms with Crippen molar-refractivity contribution in [1.29, 1.82) is 0 Å². The summed E-state index contributed by atoms with van der Waals surface area (Å²) in [4.78, 5) is 51.6. The van der Waals surface area contributed by atoms with E-state index in [4.69, 9.17) is 33.2 Å². The number of aliphatic hydroxyl groups is 3. The van der Waals surface area contributed by atoms with Crippen molar-refractivity contribution in [3.63, 3.8) is 0 Å². The Labute approximate surface area is 343 Å². The molecule has 14 nitrogen and oxygen atoms in total. The SMILES string of the molecule is C=C1C[C@H]2C[C@@H]3O[C@H](C[C@@H](O)CC(=O)O[C@@H](CO)C[C@@H]4C/C(=C\C(=O)OC)[C@H](OC(=O)CCCCCCC)[C@@](O)(O4)C(C)(C)/C=C/[C@@H](C1)O2)C[C@H](OC(C)=O)C3(C)C. The lowest BCUT2D eigenvalue weighted by molar-refractivity contribution is -0.327. The molecule has 3 fully saturated rings. The Morgan fingerprint density at radius 2 is 1.66 bits per heavy atom. The number of methoxy groups -OCH3 is 1. The predicted molar refractivity (Wildman–Crippen MR) is 212 cm³/mol. The van der Waals surface area contributed by atoms with Crippen molar-refractivity contribution in [2.24, 2.45) is 10.8 Å². The number of hydrogen-bond acceptors (Lipinski definition) is 14. The van der Waals surface area contributed by atoms with Gasteiger partial charge in [0.15, 0.2) is 6.10 Å². The highest BCUT2D eigenvalue weighted by molar-refractivity contribution is 5.83. The summed E-state index contributed by atoms with van der Waals surface area (Å²) in [5.74, 6) is -4.80. The van der Waals surface area contributed by atoms with Gasteiger partial charge in [0.2, 0.25) is 5.79 Å². The molecule has 4 rings (SSSR count). The Balaban J connectivity index is 1.75. The van der Waals surface area contributed by atoms with Gasteiger partial charge >= 0.3 is 23.9 Å². The zero-order chi connectivity index (χ0) is 42.8. The molecule has 3 saturated heterocycles. The number of hydrogen-bond donors (Lipinski definition) is 3. The standard InChI is InChI=1S/C44H68O14/c1-9-10-11-12-13-14-38(48)57-41-29(20-39(49)52-8)19-34-23-35(26-45)56-40(50)22-30(47)21-33-25-36(53-28(3)46)43(6,7)37(55-33)24-32-18-27(2)17-31(54-32)15-16-42(4,5)44(41,51)58-34/h15-16,20,30-37,41,45,47,51H,2,9-14,17-19,21-26H2,1,3-8H3/b16-15+,29-20+/t30-,31+,32+,33-,34+,35-,36+,37+,41+,44-/m1/s1. The molecule has 3 N–H and O–H groups in total. The van der Waals surface area contributed by atoms with Crippen LogP contribution in [0.5, 0.6) is 0 Å². The summed E-state index contributed by atoms with van der Waals surface area (Å²) < 4.78 is 42.1. The number of rotatable bonds is 10. The lowest BCUT2D eigenvalue weighted by Gasteiger charge is -2.51. The highest BCUT2D eigenvalue weighted by Gasteiger charge is 2.58. The van der Waals surface area contributed by atoms with Gasteiger partial charge in [-0.3, -0.25) is 14.4 Å². The van der Waals surface area contributed by atoms with Crippen LogP contribution < -0.4 is 0 Å². The molecule has 0 unspecified atom stereocenters. The third kappa shape index (κ3) is 12.7. The second kappa shape index (κ2) is 20.9. The Kier molecular flexibility index (Phi) is 17.1. The van der Waals surface area contributed by atoms with E-state index < -0.39 is 102 Å². The summed E-state index contributed by atoms with van der Waals surface area (Å²) in [5.41, 5.74) is -0.781. The first-order valence-corrected chi connectivity index (χ1v) is 21.0. The molecule has 0 amide bonds. The Bertz CT molecular complexity index is 1500. The monoisotopic (exact) mass is 820 g/mol. The minimum atomic E-state index is -2.28. The molecule has 0 radical (unpaired) electrons. The highest BCUT2D eigenvalue weighted by Crippen LogP contribution is 2.48.